The highest BCUT2D eigenvalue weighted by Crippen LogP contribution is 2.29. The highest BCUT2D eigenvalue weighted by molar-refractivity contribution is 5.88. The number of hydrogen-bond donors (Lipinski definition) is 3. The zero-order valence-electron chi connectivity index (χ0n) is 18.0. The number of rotatable bonds is 7. The molecule has 3 aromatic carbocycles. The number of benzene rings is 3. The summed E-state index contributed by atoms with van der Waals surface area (Å²) in [5.41, 5.74) is 4.84. The Bertz CT molecular complexity index is 1070. The van der Waals surface area contributed by atoms with Gasteiger partial charge in [0, 0.05) is 12.6 Å². The Morgan fingerprint density at radius 3 is 2.56 bits per heavy atom. The Hall–Kier alpha value is -2.86. The summed E-state index contributed by atoms with van der Waals surface area (Å²) < 4.78 is 5.91. The lowest BCUT2D eigenvalue weighted by molar-refractivity contribution is 0.0696. The van der Waals surface area contributed by atoms with E-state index in [1.165, 1.54) is 22.8 Å². The van der Waals surface area contributed by atoms with Gasteiger partial charge in [0.15, 0.2) is 0 Å². The van der Waals surface area contributed by atoms with Gasteiger partial charge in [-0.05, 0) is 73.2 Å². The number of aliphatic hydroxyl groups excluding tert-OH is 1. The predicted octanol–water partition coefficient (Wildman–Crippen LogP) is 5.09. The molecule has 5 nitrogen and oxygen atoms in total. The second-order valence-corrected chi connectivity index (χ2v) is 8.14. The maximum atomic E-state index is 11.2. The van der Waals surface area contributed by atoms with Crippen LogP contribution in [-0.2, 0) is 12.8 Å². The lowest BCUT2D eigenvalue weighted by Crippen LogP contribution is -2.37. The van der Waals surface area contributed by atoms with E-state index in [2.05, 4.69) is 11.4 Å². The van der Waals surface area contributed by atoms with Crippen LogP contribution < -0.4 is 10.1 Å². The molecule has 0 spiro atoms. The van der Waals surface area contributed by atoms with Crippen LogP contribution in [0.25, 0.3) is 0 Å². The number of aliphatic hydroxyl groups is 1. The van der Waals surface area contributed by atoms with Crippen LogP contribution in [0.1, 0.15) is 45.1 Å². The van der Waals surface area contributed by atoms with Gasteiger partial charge in [0.05, 0.1) is 11.7 Å². The van der Waals surface area contributed by atoms with Gasteiger partial charge in [0.1, 0.15) is 11.5 Å². The molecule has 6 heteroatoms. The van der Waals surface area contributed by atoms with E-state index >= 15 is 0 Å². The molecular formula is C26H28ClNO4. The van der Waals surface area contributed by atoms with Crippen LogP contribution in [0, 0.1) is 6.92 Å². The van der Waals surface area contributed by atoms with Crippen molar-refractivity contribution in [3.05, 3.63) is 94.5 Å². The number of aromatic carboxylic acids is 1. The normalized spacial score (nSPS) is 15.9. The molecule has 32 heavy (non-hydrogen) atoms. The van der Waals surface area contributed by atoms with Gasteiger partial charge in [0.2, 0.25) is 0 Å². The van der Waals surface area contributed by atoms with Crippen molar-refractivity contribution in [1.82, 2.24) is 5.32 Å². The number of carboxylic acids is 1. The predicted molar refractivity (Wildman–Crippen MR) is 127 cm³/mol. The number of hydrogen-bond acceptors (Lipinski definition) is 4. The summed E-state index contributed by atoms with van der Waals surface area (Å²) in [7, 11) is 0. The molecule has 0 amide bonds. The monoisotopic (exact) mass is 453 g/mol. The molecule has 168 valence electrons. The Morgan fingerprint density at radius 1 is 1.06 bits per heavy atom. The van der Waals surface area contributed by atoms with Gasteiger partial charge in [-0.25, -0.2) is 4.79 Å². The SMILES string of the molecule is Cc1ccc([C@H](O)CN[C@H]2CCc3ccc(Oc4cccc(C(=O)O)c4)cc3C2)cc1.Cl. The van der Waals surface area contributed by atoms with E-state index in [9.17, 15) is 9.90 Å². The summed E-state index contributed by atoms with van der Waals surface area (Å²) in [6, 6.07) is 20.8. The van der Waals surface area contributed by atoms with Gasteiger partial charge in [-0.3, -0.25) is 0 Å². The van der Waals surface area contributed by atoms with E-state index in [1.807, 2.05) is 43.3 Å². The van der Waals surface area contributed by atoms with E-state index in [1.54, 1.807) is 18.2 Å². The van der Waals surface area contributed by atoms with Gasteiger partial charge in [0.25, 0.3) is 0 Å². The number of aryl methyl sites for hydroxylation is 2. The summed E-state index contributed by atoms with van der Waals surface area (Å²) in [6.45, 7) is 2.55. The summed E-state index contributed by atoms with van der Waals surface area (Å²) >= 11 is 0. The molecular weight excluding hydrogens is 426 g/mol. The van der Waals surface area contributed by atoms with Crippen LogP contribution >= 0.6 is 12.4 Å². The van der Waals surface area contributed by atoms with Gasteiger partial charge >= 0.3 is 5.97 Å². The minimum absolute atomic E-state index is 0. The highest BCUT2D eigenvalue weighted by atomic mass is 35.5. The number of nitrogens with one attached hydrogen (secondary N) is 1. The van der Waals surface area contributed by atoms with Crippen LogP contribution in [-0.4, -0.2) is 28.8 Å². The zero-order chi connectivity index (χ0) is 21.8. The van der Waals surface area contributed by atoms with Crippen LogP contribution in [0.5, 0.6) is 11.5 Å². The molecule has 0 aliphatic heterocycles. The molecule has 0 heterocycles. The van der Waals surface area contributed by atoms with E-state index < -0.39 is 12.1 Å². The Balaban J connectivity index is 0.00000289. The summed E-state index contributed by atoms with van der Waals surface area (Å²) in [4.78, 5) is 11.2. The van der Waals surface area contributed by atoms with Crippen molar-refractivity contribution in [2.45, 2.75) is 38.3 Å². The first-order valence-electron chi connectivity index (χ1n) is 10.6. The van der Waals surface area contributed by atoms with Gasteiger partial charge in [-0.2, -0.15) is 0 Å². The fourth-order valence-corrected chi connectivity index (χ4v) is 3.98. The molecule has 0 saturated heterocycles. The molecule has 0 fully saturated rings. The topological polar surface area (TPSA) is 78.8 Å². The van der Waals surface area contributed by atoms with Crippen molar-refractivity contribution >= 4 is 18.4 Å². The van der Waals surface area contributed by atoms with E-state index in [0.717, 1.165) is 24.8 Å². The van der Waals surface area contributed by atoms with Gasteiger partial charge in [-0.1, -0.05) is 42.0 Å². The average Bonchev–Trinajstić information content (AvgIpc) is 2.78. The fourth-order valence-electron chi connectivity index (χ4n) is 3.98. The fraction of sp³-hybridized carbons (Fsp3) is 0.269. The molecule has 3 aromatic rings. The third-order valence-electron chi connectivity index (χ3n) is 5.78. The third kappa shape index (κ3) is 5.88. The first kappa shape index (κ1) is 23.8. The Morgan fingerprint density at radius 2 is 1.81 bits per heavy atom. The zero-order valence-corrected chi connectivity index (χ0v) is 18.8. The highest BCUT2D eigenvalue weighted by Gasteiger charge is 2.20. The van der Waals surface area contributed by atoms with Crippen LogP contribution in [0.4, 0.5) is 0 Å². The summed E-state index contributed by atoms with van der Waals surface area (Å²) in [5.74, 6) is 0.228. The maximum Gasteiger partial charge on any atom is 0.335 e. The molecule has 3 N–H and O–H groups in total. The second kappa shape index (κ2) is 10.6. The summed E-state index contributed by atoms with van der Waals surface area (Å²) in [6.07, 6.45) is 2.33. The minimum atomic E-state index is -0.974. The van der Waals surface area contributed by atoms with Crippen molar-refractivity contribution in [2.75, 3.05) is 6.54 Å². The lowest BCUT2D eigenvalue weighted by Gasteiger charge is -2.27. The van der Waals surface area contributed by atoms with Crippen molar-refractivity contribution in [1.29, 1.82) is 0 Å². The van der Waals surface area contributed by atoms with E-state index in [0.29, 0.717) is 18.0 Å². The number of carbonyl (C=O) groups is 1. The maximum absolute atomic E-state index is 11.2. The lowest BCUT2D eigenvalue weighted by atomic mass is 9.88. The van der Waals surface area contributed by atoms with Crippen molar-refractivity contribution < 1.29 is 19.7 Å². The van der Waals surface area contributed by atoms with E-state index in [-0.39, 0.29) is 24.0 Å². The minimum Gasteiger partial charge on any atom is -0.478 e. The smallest absolute Gasteiger partial charge is 0.335 e. The second-order valence-electron chi connectivity index (χ2n) is 8.14. The third-order valence-corrected chi connectivity index (χ3v) is 5.78. The Labute approximate surface area is 194 Å². The number of fused-ring (bicyclic) bond motifs is 1. The van der Waals surface area contributed by atoms with Gasteiger partial charge < -0.3 is 20.3 Å². The van der Waals surface area contributed by atoms with Gasteiger partial charge in [-0.15, -0.1) is 12.4 Å². The van der Waals surface area contributed by atoms with E-state index in [4.69, 9.17) is 9.84 Å². The van der Waals surface area contributed by atoms with Crippen LogP contribution in [0.2, 0.25) is 0 Å². The van der Waals surface area contributed by atoms with Crippen LogP contribution in [0.15, 0.2) is 66.7 Å². The first-order chi connectivity index (χ1) is 15.0. The molecule has 0 radical (unpaired) electrons. The van der Waals surface area contributed by atoms with Crippen molar-refractivity contribution in [3.63, 3.8) is 0 Å². The first-order valence-corrected chi connectivity index (χ1v) is 10.6. The van der Waals surface area contributed by atoms with Crippen molar-refractivity contribution in [2.24, 2.45) is 0 Å². The molecule has 2 atom stereocenters. The molecule has 0 saturated carbocycles. The largest absolute Gasteiger partial charge is 0.478 e. The molecule has 4 rings (SSSR count). The average molecular weight is 454 g/mol. The summed E-state index contributed by atoms with van der Waals surface area (Å²) in [5, 5.41) is 23.1. The number of carboxylic acid groups (broad SMARTS) is 1. The number of ether oxygens (including phenoxy) is 1. The van der Waals surface area contributed by atoms with Crippen molar-refractivity contribution in [3.8, 4) is 11.5 Å². The standard InChI is InChI=1S/C26H27NO4.ClH/c1-17-5-7-19(8-6-17)25(28)16-27-22-11-9-18-10-12-24(15-21(18)13-22)31-23-4-2-3-20(14-23)26(29)30;/h2-8,10,12,14-15,22,25,27-28H,9,11,13,16H2,1H3,(H,29,30);1H/t22-,25+;/m0./s1. The quantitative estimate of drug-likeness (QED) is 0.464. The molecule has 1 aliphatic carbocycles. The molecule has 0 bridgehead atoms. The Kier molecular flexibility index (Phi) is 7.91. The molecule has 1 aliphatic rings. The molecule has 0 unspecified atom stereocenters. The van der Waals surface area contributed by atoms with Crippen LogP contribution in [0.3, 0.4) is 0 Å². The molecule has 0 aromatic heterocycles. The number of halogens is 1.